The summed E-state index contributed by atoms with van der Waals surface area (Å²) < 4.78 is 5.07. The predicted molar refractivity (Wildman–Crippen MR) is 210 cm³/mol. The Hall–Kier alpha value is -6.16. The fourth-order valence-corrected chi connectivity index (χ4v) is 9.32. The summed E-state index contributed by atoms with van der Waals surface area (Å²) in [6.07, 6.45) is 0. The number of hydrogen-bond donors (Lipinski definition) is 0. The molecule has 0 radical (unpaired) electrons. The molecule has 0 spiro atoms. The monoisotopic (exact) mass is 640 g/mol. The largest absolute Gasteiger partial charge is 0.310 e. The summed E-state index contributed by atoms with van der Waals surface area (Å²) in [5.74, 6) is 0. The van der Waals surface area contributed by atoms with Crippen LogP contribution in [-0.2, 0) is 0 Å². The highest BCUT2D eigenvalue weighted by molar-refractivity contribution is 7.25. The summed E-state index contributed by atoms with van der Waals surface area (Å²) in [7, 11) is 0. The molecule has 2 heterocycles. The van der Waals surface area contributed by atoms with E-state index in [9.17, 15) is 0 Å². The maximum absolute atomic E-state index is 2.44. The second kappa shape index (κ2) is 10.2. The Labute approximate surface area is 287 Å². The Kier molecular flexibility index (Phi) is 5.57. The third kappa shape index (κ3) is 3.82. The van der Waals surface area contributed by atoms with Crippen molar-refractivity contribution < 1.29 is 0 Å². The summed E-state index contributed by atoms with van der Waals surface area (Å²) in [6.45, 7) is 0. The Morgan fingerprint density at radius 1 is 0.388 bits per heavy atom. The first-order valence-electron chi connectivity index (χ1n) is 16.8. The summed E-state index contributed by atoms with van der Waals surface area (Å²) in [4.78, 5) is 2.41. The van der Waals surface area contributed by atoms with E-state index in [-0.39, 0.29) is 0 Å². The maximum atomic E-state index is 2.44. The van der Waals surface area contributed by atoms with Gasteiger partial charge in [-0.15, -0.1) is 11.3 Å². The van der Waals surface area contributed by atoms with E-state index in [2.05, 4.69) is 179 Å². The van der Waals surface area contributed by atoms with Crippen LogP contribution >= 0.6 is 11.3 Å². The molecule has 3 heteroatoms. The highest BCUT2D eigenvalue weighted by Gasteiger charge is 2.26. The molecule has 0 saturated carbocycles. The normalized spacial score (nSPS) is 12.1. The van der Waals surface area contributed by atoms with E-state index in [4.69, 9.17) is 0 Å². The lowest BCUT2D eigenvalue weighted by atomic mass is 9.92. The van der Waals surface area contributed by atoms with Crippen LogP contribution in [0, 0.1) is 0 Å². The number of thiophene rings is 1. The van der Waals surface area contributed by atoms with Crippen LogP contribution in [0.3, 0.4) is 0 Å². The van der Waals surface area contributed by atoms with E-state index in [1.165, 1.54) is 80.7 Å². The van der Waals surface area contributed by atoms with Crippen molar-refractivity contribution in [2.24, 2.45) is 0 Å². The minimum atomic E-state index is 1.14. The number of nitrogens with zero attached hydrogens (tertiary/aromatic N) is 2. The van der Waals surface area contributed by atoms with Crippen LogP contribution in [0.25, 0.3) is 80.7 Å². The summed E-state index contributed by atoms with van der Waals surface area (Å²) in [5, 5.41) is 7.84. The molecule has 11 rings (SSSR count). The average molecular weight is 641 g/mol. The molecule has 0 amide bonds. The molecule has 2 aromatic heterocycles. The first kappa shape index (κ1) is 26.9. The Balaban J connectivity index is 1.21. The van der Waals surface area contributed by atoms with E-state index in [1.807, 2.05) is 11.3 Å². The van der Waals surface area contributed by atoms with Gasteiger partial charge in [0.15, 0.2) is 0 Å². The summed E-state index contributed by atoms with van der Waals surface area (Å²) >= 11 is 1.86. The van der Waals surface area contributed by atoms with Gasteiger partial charge in [0.2, 0.25) is 0 Å². The number of aromatic nitrogens is 1. The number of rotatable bonds is 4. The zero-order valence-corrected chi connectivity index (χ0v) is 27.3. The van der Waals surface area contributed by atoms with Crippen LogP contribution in [-0.4, -0.2) is 4.57 Å². The lowest BCUT2D eigenvalue weighted by molar-refractivity contribution is 1.18. The van der Waals surface area contributed by atoms with Gasteiger partial charge >= 0.3 is 0 Å². The smallest absolute Gasteiger partial charge is 0.0547 e. The van der Waals surface area contributed by atoms with Crippen LogP contribution in [0.15, 0.2) is 170 Å². The van der Waals surface area contributed by atoms with Gasteiger partial charge in [-0.1, -0.05) is 97.1 Å². The minimum Gasteiger partial charge on any atom is -0.310 e. The Morgan fingerprint density at radius 2 is 1.08 bits per heavy atom. The highest BCUT2D eigenvalue weighted by atomic mass is 32.1. The van der Waals surface area contributed by atoms with Crippen LogP contribution < -0.4 is 4.90 Å². The summed E-state index contributed by atoms with van der Waals surface area (Å²) in [6, 6.07) is 62.5. The molecule has 8 aromatic carbocycles. The maximum Gasteiger partial charge on any atom is 0.0547 e. The molecular weight excluding hydrogens is 613 g/mol. The van der Waals surface area contributed by atoms with Crippen LogP contribution in [0.4, 0.5) is 17.1 Å². The first-order valence-corrected chi connectivity index (χ1v) is 17.6. The first-order chi connectivity index (χ1) is 24.3. The standard InChI is InChI=1S/C46H28N2S/c1-3-12-30(13-4-1)47(33-23-26-43-39(28-33)35-16-7-8-20-42(35)49-43)32-22-24-34-36-17-9-11-29-21-25-41-46(44(29)36)45-37(38(34)27-32)18-10-19-40(45)48(41)31-14-5-2-6-15-31/h1-28H. The van der Waals surface area contributed by atoms with Crippen molar-refractivity contribution in [1.29, 1.82) is 0 Å². The number of hydrogen-bond acceptors (Lipinski definition) is 2. The van der Waals surface area contributed by atoms with Gasteiger partial charge in [-0.25, -0.2) is 0 Å². The van der Waals surface area contributed by atoms with Crippen molar-refractivity contribution in [3.63, 3.8) is 0 Å². The van der Waals surface area contributed by atoms with Crippen LogP contribution in [0.1, 0.15) is 0 Å². The lowest BCUT2D eigenvalue weighted by Crippen LogP contribution is -2.10. The average Bonchev–Trinajstić information content (AvgIpc) is 3.67. The molecule has 10 aromatic rings. The van der Waals surface area contributed by atoms with Crippen molar-refractivity contribution >= 4 is 81.1 Å². The third-order valence-electron chi connectivity index (χ3n) is 10.3. The molecular formula is C46H28N2S. The van der Waals surface area contributed by atoms with Crippen LogP contribution in [0.2, 0.25) is 0 Å². The fourth-order valence-electron chi connectivity index (χ4n) is 8.24. The molecule has 0 bridgehead atoms. The van der Waals surface area contributed by atoms with Gasteiger partial charge in [0.1, 0.15) is 0 Å². The molecule has 0 atom stereocenters. The second-order valence-corrected chi connectivity index (χ2v) is 14.0. The van der Waals surface area contributed by atoms with Gasteiger partial charge in [-0.05, 0) is 106 Å². The quantitative estimate of drug-likeness (QED) is 0.186. The zero-order chi connectivity index (χ0) is 32.1. The van der Waals surface area contributed by atoms with Gasteiger partial charge in [0, 0.05) is 53.7 Å². The van der Waals surface area contributed by atoms with E-state index in [1.54, 1.807) is 0 Å². The Bertz CT molecular complexity index is 2930. The van der Waals surface area contributed by atoms with E-state index < -0.39 is 0 Å². The molecule has 0 aliphatic heterocycles. The number of anilines is 3. The fraction of sp³-hybridized carbons (Fsp3) is 0. The van der Waals surface area contributed by atoms with Crippen molar-refractivity contribution in [3.05, 3.63) is 170 Å². The van der Waals surface area contributed by atoms with Crippen molar-refractivity contribution in [2.75, 3.05) is 4.90 Å². The predicted octanol–water partition coefficient (Wildman–Crippen LogP) is 13.4. The van der Waals surface area contributed by atoms with Gasteiger partial charge < -0.3 is 9.47 Å². The molecule has 1 aliphatic carbocycles. The molecule has 228 valence electrons. The number of benzene rings is 8. The van der Waals surface area contributed by atoms with Gasteiger partial charge in [0.05, 0.1) is 11.0 Å². The molecule has 2 nitrogen and oxygen atoms in total. The van der Waals surface area contributed by atoms with Crippen molar-refractivity contribution in [3.8, 4) is 27.9 Å². The Morgan fingerprint density at radius 3 is 1.96 bits per heavy atom. The van der Waals surface area contributed by atoms with E-state index in [0.717, 1.165) is 17.1 Å². The molecule has 0 N–H and O–H groups in total. The van der Waals surface area contributed by atoms with Crippen molar-refractivity contribution in [2.45, 2.75) is 0 Å². The van der Waals surface area contributed by atoms with Gasteiger partial charge in [-0.3, -0.25) is 0 Å². The minimum absolute atomic E-state index is 1.14. The molecule has 0 unspecified atom stereocenters. The lowest BCUT2D eigenvalue weighted by Gasteiger charge is -2.27. The zero-order valence-electron chi connectivity index (χ0n) is 26.5. The van der Waals surface area contributed by atoms with Gasteiger partial charge in [-0.2, -0.15) is 0 Å². The van der Waals surface area contributed by atoms with E-state index >= 15 is 0 Å². The third-order valence-corrected chi connectivity index (χ3v) is 11.4. The molecule has 49 heavy (non-hydrogen) atoms. The number of para-hydroxylation sites is 2. The topological polar surface area (TPSA) is 8.17 Å². The summed E-state index contributed by atoms with van der Waals surface area (Å²) in [5.41, 5.74) is 12.1. The SMILES string of the molecule is c1ccc(N(c2ccc3c(c2)-c2cccc4c2c2c5c-3cccc5ccc2n4-c2ccccc2)c2ccc3sc4ccccc4c3c2)cc1. The van der Waals surface area contributed by atoms with E-state index in [0.29, 0.717) is 0 Å². The molecule has 0 fully saturated rings. The number of fused-ring (bicyclic) bond motifs is 6. The molecule has 0 saturated heterocycles. The van der Waals surface area contributed by atoms with Crippen LogP contribution in [0.5, 0.6) is 0 Å². The van der Waals surface area contributed by atoms with Crippen molar-refractivity contribution in [1.82, 2.24) is 4.57 Å². The highest BCUT2D eigenvalue weighted by Crippen LogP contribution is 2.51. The second-order valence-electron chi connectivity index (χ2n) is 12.9. The molecule has 1 aliphatic rings. The van der Waals surface area contributed by atoms with Gasteiger partial charge in [0.25, 0.3) is 0 Å².